The first kappa shape index (κ1) is 18.3. The van der Waals surface area contributed by atoms with E-state index in [1.54, 1.807) is 7.11 Å². The van der Waals surface area contributed by atoms with Gasteiger partial charge in [0.1, 0.15) is 11.4 Å². The number of aromatic nitrogens is 2. The van der Waals surface area contributed by atoms with Crippen molar-refractivity contribution in [3.63, 3.8) is 0 Å². The molecule has 0 fully saturated rings. The number of carbonyl (C=O) groups is 1. The van der Waals surface area contributed by atoms with Crippen LogP contribution in [0.1, 0.15) is 54.0 Å². The van der Waals surface area contributed by atoms with E-state index in [1.807, 2.05) is 29.2 Å². The van der Waals surface area contributed by atoms with E-state index >= 15 is 0 Å². The molecule has 1 unspecified atom stereocenters. The Kier molecular flexibility index (Phi) is 4.26. The number of hydrogen-bond donors (Lipinski definition) is 1. The quantitative estimate of drug-likeness (QED) is 0.719. The highest BCUT2D eigenvalue weighted by Crippen LogP contribution is 2.45. The molecule has 3 aromatic rings. The Labute approximate surface area is 165 Å². The predicted octanol–water partition coefficient (Wildman–Crippen LogP) is 4.74. The van der Waals surface area contributed by atoms with Gasteiger partial charge < -0.3 is 9.64 Å². The summed E-state index contributed by atoms with van der Waals surface area (Å²) >= 11 is 0. The van der Waals surface area contributed by atoms with Gasteiger partial charge in [-0.3, -0.25) is 9.89 Å². The number of nitrogens with zero attached hydrogens (tertiary/aromatic N) is 2. The fraction of sp³-hybridized carbons (Fsp3) is 0.304. The molecule has 5 nitrogen and oxygen atoms in total. The molecule has 1 N–H and O–H groups in total. The zero-order chi connectivity index (χ0) is 20.1. The van der Waals surface area contributed by atoms with Gasteiger partial charge in [0.25, 0.3) is 5.91 Å². The monoisotopic (exact) mass is 375 g/mol. The molecule has 144 valence electrons. The zero-order valence-corrected chi connectivity index (χ0v) is 16.9. The molecule has 4 rings (SSSR count). The minimum absolute atomic E-state index is 0.0136. The third-order valence-corrected chi connectivity index (χ3v) is 5.25. The number of aryl methyl sites for hydroxylation is 1. The summed E-state index contributed by atoms with van der Waals surface area (Å²) < 4.78 is 5.27. The van der Waals surface area contributed by atoms with Crippen LogP contribution in [0.2, 0.25) is 0 Å². The summed E-state index contributed by atoms with van der Waals surface area (Å²) in [6.07, 6.45) is 0. The van der Waals surface area contributed by atoms with Crippen LogP contribution in [-0.2, 0) is 0 Å². The SMILES string of the molecule is COc1ccc(-c2n[nH]c3c2C(c2ccc(C)cc2)N(C(C)(C)C)C3=O)cc1. The van der Waals surface area contributed by atoms with Crippen molar-refractivity contribution in [1.29, 1.82) is 0 Å². The summed E-state index contributed by atoms with van der Waals surface area (Å²) in [6.45, 7) is 8.27. The number of nitrogens with one attached hydrogen (secondary N) is 1. The molecule has 0 saturated heterocycles. The normalized spacial score (nSPS) is 16.4. The lowest BCUT2D eigenvalue weighted by Crippen LogP contribution is -2.44. The first-order valence-corrected chi connectivity index (χ1v) is 9.44. The van der Waals surface area contributed by atoms with Crippen LogP contribution in [0.4, 0.5) is 0 Å². The van der Waals surface area contributed by atoms with Crippen LogP contribution in [0, 0.1) is 6.92 Å². The van der Waals surface area contributed by atoms with E-state index in [9.17, 15) is 4.79 Å². The third kappa shape index (κ3) is 2.87. The molecular weight excluding hydrogens is 350 g/mol. The van der Waals surface area contributed by atoms with Crippen LogP contribution in [0.3, 0.4) is 0 Å². The number of fused-ring (bicyclic) bond motifs is 1. The Hall–Kier alpha value is -3.08. The van der Waals surface area contributed by atoms with Gasteiger partial charge in [-0.2, -0.15) is 5.10 Å². The fourth-order valence-corrected chi connectivity index (χ4v) is 3.87. The number of ether oxygens (including phenoxy) is 1. The third-order valence-electron chi connectivity index (χ3n) is 5.25. The van der Waals surface area contributed by atoms with Crippen LogP contribution in [0.15, 0.2) is 48.5 Å². The minimum atomic E-state index is -0.330. The largest absolute Gasteiger partial charge is 0.497 e. The average Bonchev–Trinajstić information content (AvgIpc) is 3.21. The smallest absolute Gasteiger partial charge is 0.273 e. The Balaban J connectivity index is 1.90. The molecule has 1 atom stereocenters. The predicted molar refractivity (Wildman–Crippen MR) is 110 cm³/mol. The molecule has 0 saturated carbocycles. The summed E-state index contributed by atoms with van der Waals surface area (Å²) in [5, 5.41) is 7.51. The molecule has 1 aromatic heterocycles. The van der Waals surface area contributed by atoms with Gasteiger partial charge in [0.15, 0.2) is 0 Å². The molecule has 2 aromatic carbocycles. The van der Waals surface area contributed by atoms with Gasteiger partial charge >= 0.3 is 0 Å². The molecule has 0 aliphatic carbocycles. The van der Waals surface area contributed by atoms with Crippen molar-refractivity contribution in [1.82, 2.24) is 15.1 Å². The number of rotatable bonds is 3. The first-order valence-electron chi connectivity index (χ1n) is 9.44. The lowest BCUT2D eigenvalue weighted by atomic mass is 9.93. The topological polar surface area (TPSA) is 58.2 Å². The van der Waals surface area contributed by atoms with E-state index in [4.69, 9.17) is 4.74 Å². The standard InChI is InChI=1S/C23H25N3O2/c1-14-6-8-16(9-7-14)21-18-19(15-10-12-17(28-5)13-11-15)24-25-20(18)22(27)26(21)23(2,3)4/h6-13,21H,1-5H3,(H,24,25). The average molecular weight is 375 g/mol. The van der Waals surface area contributed by atoms with E-state index in [2.05, 4.69) is 62.2 Å². The fourth-order valence-electron chi connectivity index (χ4n) is 3.87. The number of carbonyl (C=O) groups excluding carboxylic acids is 1. The second-order valence-electron chi connectivity index (χ2n) is 8.25. The van der Waals surface area contributed by atoms with Gasteiger partial charge in [-0.05, 0) is 57.5 Å². The molecule has 0 spiro atoms. The molecule has 0 bridgehead atoms. The van der Waals surface area contributed by atoms with Crippen molar-refractivity contribution >= 4 is 5.91 Å². The van der Waals surface area contributed by atoms with Crippen molar-refractivity contribution in [2.45, 2.75) is 39.3 Å². The Morgan fingerprint density at radius 3 is 2.25 bits per heavy atom. The van der Waals surface area contributed by atoms with Gasteiger partial charge in [-0.1, -0.05) is 29.8 Å². The zero-order valence-electron chi connectivity index (χ0n) is 16.9. The van der Waals surface area contributed by atoms with Crippen LogP contribution >= 0.6 is 0 Å². The van der Waals surface area contributed by atoms with Gasteiger partial charge in [-0.15, -0.1) is 0 Å². The summed E-state index contributed by atoms with van der Waals surface area (Å²) in [7, 11) is 1.65. The molecule has 0 radical (unpaired) electrons. The van der Waals surface area contributed by atoms with Crippen molar-refractivity contribution in [3.8, 4) is 17.0 Å². The molecule has 2 heterocycles. The molecule has 1 amide bonds. The van der Waals surface area contributed by atoms with Crippen LogP contribution in [-0.4, -0.2) is 33.7 Å². The maximum atomic E-state index is 13.3. The van der Waals surface area contributed by atoms with E-state index < -0.39 is 0 Å². The second-order valence-corrected chi connectivity index (χ2v) is 8.25. The number of methoxy groups -OCH3 is 1. The number of benzene rings is 2. The lowest BCUT2D eigenvalue weighted by molar-refractivity contribution is 0.0546. The molecule has 1 aliphatic rings. The number of aromatic amines is 1. The highest BCUT2D eigenvalue weighted by atomic mass is 16.5. The lowest BCUT2D eigenvalue weighted by Gasteiger charge is -2.37. The van der Waals surface area contributed by atoms with Gasteiger partial charge in [0, 0.05) is 16.7 Å². The van der Waals surface area contributed by atoms with Crippen LogP contribution < -0.4 is 4.74 Å². The van der Waals surface area contributed by atoms with Crippen molar-refractivity contribution in [3.05, 3.63) is 70.9 Å². The summed E-state index contributed by atoms with van der Waals surface area (Å²) in [4.78, 5) is 15.2. The molecular formula is C23H25N3O2. The Bertz CT molecular complexity index is 1010. The maximum Gasteiger partial charge on any atom is 0.273 e. The van der Waals surface area contributed by atoms with Gasteiger partial charge in [0.2, 0.25) is 0 Å². The van der Waals surface area contributed by atoms with Crippen molar-refractivity contribution in [2.24, 2.45) is 0 Å². The van der Waals surface area contributed by atoms with Crippen molar-refractivity contribution < 1.29 is 9.53 Å². The van der Waals surface area contributed by atoms with E-state index in [0.29, 0.717) is 5.69 Å². The Morgan fingerprint density at radius 2 is 1.68 bits per heavy atom. The highest BCUT2D eigenvalue weighted by Gasteiger charge is 2.46. The number of H-pyrrole nitrogens is 1. The summed E-state index contributed by atoms with van der Waals surface area (Å²) in [5.41, 5.74) is 5.23. The van der Waals surface area contributed by atoms with E-state index in [-0.39, 0.29) is 17.5 Å². The summed E-state index contributed by atoms with van der Waals surface area (Å²) in [5.74, 6) is 0.777. The van der Waals surface area contributed by atoms with Crippen molar-refractivity contribution in [2.75, 3.05) is 7.11 Å². The maximum absolute atomic E-state index is 13.3. The van der Waals surface area contributed by atoms with E-state index in [1.165, 1.54) is 5.56 Å². The molecule has 1 aliphatic heterocycles. The van der Waals surface area contributed by atoms with E-state index in [0.717, 1.165) is 28.1 Å². The molecule has 5 heteroatoms. The second kappa shape index (κ2) is 6.51. The number of hydrogen-bond acceptors (Lipinski definition) is 3. The first-order chi connectivity index (χ1) is 13.3. The Morgan fingerprint density at radius 1 is 1.04 bits per heavy atom. The highest BCUT2D eigenvalue weighted by molar-refractivity contribution is 6.00. The van der Waals surface area contributed by atoms with Gasteiger partial charge in [-0.25, -0.2) is 0 Å². The van der Waals surface area contributed by atoms with Crippen LogP contribution in [0.5, 0.6) is 5.75 Å². The van der Waals surface area contributed by atoms with Gasteiger partial charge in [0.05, 0.1) is 18.8 Å². The minimum Gasteiger partial charge on any atom is -0.497 e. The number of amides is 1. The van der Waals surface area contributed by atoms with Crippen LogP contribution in [0.25, 0.3) is 11.3 Å². The molecule has 28 heavy (non-hydrogen) atoms. The summed E-state index contributed by atoms with van der Waals surface area (Å²) in [6, 6.07) is 16.0.